The van der Waals surface area contributed by atoms with Crippen molar-refractivity contribution in [3.05, 3.63) is 0 Å². The normalized spacial score (nSPS) is 5.25. The van der Waals surface area contributed by atoms with Crippen molar-refractivity contribution in [1.82, 2.24) is 0 Å². The SMILES string of the molecule is CBC=S. The summed E-state index contributed by atoms with van der Waals surface area (Å²) in [6.07, 6.45) is 0. The number of hydrogen-bond donors (Lipinski definition) is 0. The van der Waals surface area contributed by atoms with E-state index in [0.717, 1.165) is 7.28 Å². The molecule has 0 N–H and O–H groups in total. The number of thiocarbonyl (C=S) groups is 1. The van der Waals surface area contributed by atoms with Gasteiger partial charge < -0.3 is 0 Å². The van der Waals surface area contributed by atoms with Gasteiger partial charge in [-0.15, -0.1) is 12.2 Å². The summed E-state index contributed by atoms with van der Waals surface area (Å²) in [6.45, 7) is 2.02. The molecule has 0 aliphatic heterocycles. The summed E-state index contributed by atoms with van der Waals surface area (Å²) in [4.78, 5) is 0. The first kappa shape index (κ1) is 4.15. The van der Waals surface area contributed by atoms with E-state index in [9.17, 15) is 0 Å². The van der Waals surface area contributed by atoms with Crippen LogP contribution in [0, 0.1) is 0 Å². The average Bonchev–Trinajstić information content (AvgIpc) is 1.37. The predicted molar refractivity (Wildman–Crippen MR) is 26.7 cm³/mol. The molecule has 0 aliphatic carbocycles. The minimum atomic E-state index is 1.01. The number of hydrogen-bond acceptors (Lipinski definition) is 1. The highest BCUT2D eigenvalue weighted by atomic mass is 32.1. The lowest BCUT2D eigenvalue weighted by Gasteiger charge is -1.49. The molecule has 0 nitrogen and oxygen atoms in total. The van der Waals surface area contributed by atoms with E-state index in [-0.39, 0.29) is 0 Å². The summed E-state index contributed by atoms with van der Waals surface area (Å²) < 4.78 is 0. The zero-order valence-corrected chi connectivity index (χ0v) is 3.51. The van der Waals surface area contributed by atoms with Gasteiger partial charge in [0.1, 0.15) is 0 Å². The summed E-state index contributed by atoms with van der Waals surface area (Å²) in [6, 6.07) is 0. The lowest BCUT2D eigenvalue weighted by atomic mass is 9.87. The number of rotatable bonds is 1. The maximum absolute atomic E-state index is 4.43. The van der Waals surface area contributed by atoms with Crippen LogP contribution in [0.5, 0.6) is 0 Å². The Bertz CT molecular complexity index is 20.0. The minimum absolute atomic E-state index is 1.01. The van der Waals surface area contributed by atoms with Crippen molar-refractivity contribution < 1.29 is 0 Å². The van der Waals surface area contributed by atoms with Crippen LogP contribution in [0.4, 0.5) is 0 Å². The molecule has 0 atom stereocenters. The average molecular weight is 71.9 g/mol. The summed E-state index contributed by atoms with van der Waals surface area (Å²) in [5.74, 6) is 0. The first-order valence-electron chi connectivity index (χ1n) is 1.35. The van der Waals surface area contributed by atoms with E-state index < -0.39 is 0 Å². The Labute approximate surface area is 32.5 Å². The van der Waals surface area contributed by atoms with Crippen LogP contribution in [0.1, 0.15) is 0 Å². The van der Waals surface area contributed by atoms with Crippen molar-refractivity contribution >= 4 is 24.8 Å². The van der Waals surface area contributed by atoms with Crippen LogP contribution < -0.4 is 0 Å². The van der Waals surface area contributed by atoms with Crippen LogP contribution in [0.3, 0.4) is 0 Å². The summed E-state index contributed by atoms with van der Waals surface area (Å²) >= 11 is 4.43. The van der Waals surface area contributed by atoms with E-state index in [1.165, 1.54) is 0 Å². The second-order valence-corrected chi connectivity index (χ2v) is 0.908. The van der Waals surface area contributed by atoms with Crippen LogP contribution in [0.2, 0.25) is 6.82 Å². The maximum Gasteiger partial charge on any atom is 0.159 e. The zero-order chi connectivity index (χ0) is 3.41. The van der Waals surface area contributed by atoms with E-state index in [1.807, 2.05) is 6.82 Å². The third-order valence-corrected chi connectivity index (χ3v) is 0.500. The molecule has 0 saturated carbocycles. The van der Waals surface area contributed by atoms with Gasteiger partial charge in [-0.3, -0.25) is 0 Å². The van der Waals surface area contributed by atoms with Gasteiger partial charge in [0.15, 0.2) is 7.28 Å². The van der Waals surface area contributed by atoms with Crippen LogP contribution >= 0.6 is 12.2 Å². The van der Waals surface area contributed by atoms with Crippen LogP contribution in [-0.4, -0.2) is 12.5 Å². The van der Waals surface area contributed by atoms with Gasteiger partial charge in [-0.2, -0.15) is 0 Å². The molecule has 0 rings (SSSR count). The molecule has 0 amide bonds. The fourth-order valence-corrected chi connectivity index (χ4v) is 0. The summed E-state index contributed by atoms with van der Waals surface area (Å²) in [5, 5.41) is 1.71. The standard InChI is InChI=1S/C2H5BS/c1-3-2-4/h2-3H,1H3. The molecule has 0 unspecified atom stereocenters. The highest BCUT2D eigenvalue weighted by Crippen LogP contribution is 1.42. The smallest absolute Gasteiger partial charge is 0.104 e. The third kappa shape index (κ3) is 2.15. The van der Waals surface area contributed by atoms with Crippen molar-refractivity contribution in [2.75, 3.05) is 0 Å². The van der Waals surface area contributed by atoms with Crippen molar-refractivity contribution in [1.29, 1.82) is 0 Å². The molecule has 0 radical (unpaired) electrons. The Hall–Kier alpha value is 0.155. The molecular weight excluding hydrogens is 66.9 g/mol. The molecule has 0 saturated heterocycles. The lowest BCUT2D eigenvalue weighted by molar-refractivity contribution is 2.36. The fourth-order valence-electron chi connectivity index (χ4n) is 0. The van der Waals surface area contributed by atoms with E-state index >= 15 is 0 Å². The largest absolute Gasteiger partial charge is 0.159 e. The Balaban J connectivity index is 2.30. The predicted octanol–water partition coefficient (Wildman–Crippen LogP) is 0.428. The molecule has 22 valence electrons. The topological polar surface area (TPSA) is 0 Å². The van der Waals surface area contributed by atoms with Crippen molar-refractivity contribution in [3.63, 3.8) is 0 Å². The quantitative estimate of drug-likeness (QED) is 0.319. The Morgan fingerprint density at radius 3 is 2.25 bits per heavy atom. The van der Waals surface area contributed by atoms with Gasteiger partial charge in [-0.1, -0.05) is 12.1 Å². The highest BCUT2D eigenvalue weighted by molar-refractivity contribution is 7.81. The first-order valence-corrected chi connectivity index (χ1v) is 1.82. The lowest BCUT2D eigenvalue weighted by Crippen LogP contribution is -1.71. The van der Waals surface area contributed by atoms with Crippen molar-refractivity contribution in [2.45, 2.75) is 6.82 Å². The molecule has 2 heteroatoms. The van der Waals surface area contributed by atoms with Gasteiger partial charge >= 0.3 is 0 Å². The monoisotopic (exact) mass is 72.0 g/mol. The summed E-state index contributed by atoms with van der Waals surface area (Å²) in [5.41, 5.74) is 0. The van der Waals surface area contributed by atoms with Gasteiger partial charge in [0.25, 0.3) is 0 Å². The van der Waals surface area contributed by atoms with Gasteiger partial charge in [0.2, 0.25) is 0 Å². The summed E-state index contributed by atoms with van der Waals surface area (Å²) in [7, 11) is 1.01. The van der Waals surface area contributed by atoms with E-state index in [4.69, 9.17) is 0 Å². The van der Waals surface area contributed by atoms with Gasteiger partial charge in [-0.25, -0.2) is 0 Å². The van der Waals surface area contributed by atoms with Gasteiger partial charge in [0.05, 0.1) is 0 Å². The van der Waals surface area contributed by atoms with Gasteiger partial charge in [0, 0.05) is 0 Å². The molecule has 0 fully saturated rings. The van der Waals surface area contributed by atoms with E-state index in [1.54, 1.807) is 5.27 Å². The third-order valence-electron chi connectivity index (χ3n) is 0.167. The molecule has 0 spiro atoms. The van der Waals surface area contributed by atoms with Gasteiger partial charge in [-0.05, 0) is 0 Å². The van der Waals surface area contributed by atoms with Crippen molar-refractivity contribution in [2.24, 2.45) is 0 Å². The van der Waals surface area contributed by atoms with E-state index in [2.05, 4.69) is 12.2 Å². The fraction of sp³-hybridized carbons (Fsp3) is 0.500. The van der Waals surface area contributed by atoms with Crippen LogP contribution in [0.25, 0.3) is 0 Å². The molecule has 0 aromatic rings. The maximum atomic E-state index is 4.43. The molecule has 0 aromatic carbocycles. The minimum Gasteiger partial charge on any atom is -0.104 e. The second kappa shape index (κ2) is 3.15. The van der Waals surface area contributed by atoms with Crippen LogP contribution in [0.15, 0.2) is 0 Å². The van der Waals surface area contributed by atoms with E-state index in [0.29, 0.717) is 0 Å². The first-order chi connectivity index (χ1) is 1.91. The Morgan fingerprint density at radius 2 is 2.25 bits per heavy atom. The zero-order valence-electron chi connectivity index (χ0n) is 2.69. The Kier molecular flexibility index (Phi) is 3.28. The molecule has 4 heavy (non-hydrogen) atoms. The van der Waals surface area contributed by atoms with Crippen molar-refractivity contribution in [3.8, 4) is 0 Å². The molecule has 0 aliphatic rings. The second-order valence-electron chi connectivity index (χ2n) is 0.575. The molecular formula is C2H5BS. The Morgan fingerprint density at radius 1 is 2.00 bits per heavy atom. The van der Waals surface area contributed by atoms with Crippen LogP contribution in [-0.2, 0) is 0 Å². The molecule has 0 bridgehead atoms. The highest BCUT2D eigenvalue weighted by Gasteiger charge is 1.54. The molecule has 0 aromatic heterocycles. The molecule has 0 heterocycles.